The van der Waals surface area contributed by atoms with Gasteiger partial charge in [0.2, 0.25) is 0 Å². The molecule has 1 aliphatic heterocycles. The molecule has 2 aliphatic rings. The van der Waals surface area contributed by atoms with Crippen molar-refractivity contribution in [3.8, 4) is 0 Å². The van der Waals surface area contributed by atoms with Crippen LogP contribution in [-0.2, 0) is 4.74 Å². The van der Waals surface area contributed by atoms with E-state index in [9.17, 15) is 4.79 Å². The number of amides is 1. The molecular formula is C15H28N2O2. The number of likely N-dealkylation sites (tertiary alicyclic amines) is 1. The van der Waals surface area contributed by atoms with E-state index in [-0.39, 0.29) is 17.7 Å². The van der Waals surface area contributed by atoms with Crippen LogP contribution >= 0.6 is 0 Å². The summed E-state index contributed by atoms with van der Waals surface area (Å²) in [6, 6.07) is 0.272. The molecule has 1 atom stereocenters. The first-order valence-electron chi connectivity index (χ1n) is 7.58. The molecule has 2 rings (SSSR count). The van der Waals surface area contributed by atoms with Crippen LogP contribution in [-0.4, -0.2) is 34.7 Å². The van der Waals surface area contributed by atoms with Crippen LogP contribution in [0, 0.1) is 0 Å². The number of nitrogens with zero attached hydrogens (tertiary/aromatic N) is 1. The molecule has 0 aromatic carbocycles. The Hall–Kier alpha value is -0.770. The van der Waals surface area contributed by atoms with E-state index >= 15 is 0 Å². The second-order valence-electron chi connectivity index (χ2n) is 7.24. The second-order valence-corrected chi connectivity index (χ2v) is 7.24. The minimum absolute atomic E-state index is 0.0255. The summed E-state index contributed by atoms with van der Waals surface area (Å²) in [5.41, 5.74) is 5.90. The Morgan fingerprint density at radius 2 is 2.00 bits per heavy atom. The van der Waals surface area contributed by atoms with E-state index in [0.29, 0.717) is 0 Å². The van der Waals surface area contributed by atoms with Crippen LogP contribution in [0.5, 0.6) is 0 Å². The lowest BCUT2D eigenvalue weighted by atomic mass is 9.72. The van der Waals surface area contributed by atoms with Crippen molar-refractivity contribution in [2.45, 2.75) is 82.9 Å². The standard InChI is InChI=1S/C15H28N2O2/c1-14(2,3)19-13(18)17-10-5-4-7-12(17)11-15(16)8-6-9-15/h12H,4-11,16H2,1-3H3. The number of hydrogen-bond donors (Lipinski definition) is 1. The monoisotopic (exact) mass is 268 g/mol. The average molecular weight is 268 g/mol. The van der Waals surface area contributed by atoms with Gasteiger partial charge < -0.3 is 15.4 Å². The molecule has 1 amide bonds. The largest absolute Gasteiger partial charge is 0.444 e. The highest BCUT2D eigenvalue weighted by Crippen LogP contribution is 2.36. The molecule has 1 saturated carbocycles. The third-order valence-corrected chi connectivity index (χ3v) is 4.25. The van der Waals surface area contributed by atoms with E-state index in [0.717, 1.165) is 38.6 Å². The summed E-state index contributed by atoms with van der Waals surface area (Å²) in [5, 5.41) is 0. The van der Waals surface area contributed by atoms with Gasteiger partial charge in [-0.2, -0.15) is 0 Å². The first-order chi connectivity index (χ1) is 8.79. The Morgan fingerprint density at radius 1 is 1.32 bits per heavy atom. The first-order valence-corrected chi connectivity index (χ1v) is 7.58. The summed E-state index contributed by atoms with van der Waals surface area (Å²) < 4.78 is 5.52. The smallest absolute Gasteiger partial charge is 0.410 e. The van der Waals surface area contributed by atoms with Crippen molar-refractivity contribution in [3.63, 3.8) is 0 Å². The number of hydrogen-bond acceptors (Lipinski definition) is 3. The highest BCUT2D eigenvalue weighted by atomic mass is 16.6. The maximum Gasteiger partial charge on any atom is 0.410 e. The minimum Gasteiger partial charge on any atom is -0.444 e. The summed E-state index contributed by atoms with van der Waals surface area (Å²) in [6.07, 6.45) is 7.55. The molecule has 1 aliphatic carbocycles. The summed E-state index contributed by atoms with van der Waals surface area (Å²) in [6.45, 7) is 6.57. The fourth-order valence-corrected chi connectivity index (χ4v) is 3.08. The quantitative estimate of drug-likeness (QED) is 0.837. The molecule has 0 aromatic heterocycles. The lowest BCUT2D eigenvalue weighted by Gasteiger charge is -2.45. The SMILES string of the molecule is CC(C)(C)OC(=O)N1CCCCC1CC1(N)CCC1. The highest BCUT2D eigenvalue weighted by molar-refractivity contribution is 5.68. The van der Waals surface area contributed by atoms with Crippen molar-refractivity contribution in [2.24, 2.45) is 5.73 Å². The first kappa shape index (κ1) is 14.6. The van der Waals surface area contributed by atoms with E-state index in [1.807, 2.05) is 25.7 Å². The number of rotatable bonds is 2. The third kappa shape index (κ3) is 3.85. The van der Waals surface area contributed by atoms with Crippen molar-refractivity contribution in [2.75, 3.05) is 6.54 Å². The number of carbonyl (C=O) groups is 1. The van der Waals surface area contributed by atoms with Crippen molar-refractivity contribution in [1.82, 2.24) is 4.90 Å². The van der Waals surface area contributed by atoms with E-state index < -0.39 is 5.60 Å². The van der Waals surface area contributed by atoms with Crippen molar-refractivity contribution in [1.29, 1.82) is 0 Å². The Balaban J connectivity index is 1.97. The van der Waals surface area contributed by atoms with Gasteiger partial charge in [-0.05, 0) is 65.7 Å². The van der Waals surface area contributed by atoms with Crippen LogP contribution in [0.4, 0.5) is 4.79 Å². The minimum atomic E-state index is -0.421. The van der Waals surface area contributed by atoms with Crippen molar-refractivity contribution >= 4 is 6.09 Å². The molecule has 0 bridgehead atoms. The van der Waals surface area contributed by atoms with Crippen LogP contribution in [0.3, 0.4) is 0 Å². The molecule has 1 saturated heterocycles. The van der Waals surface area contributed by atoms with Crippen molar-refractivity contribution < 1.29 is 9.53 Å². The maximum absolute atomic E-state index is 12.3. The van der Waals surface area contributed by atoms with Gasteiger partial charge in [-0.15, -0.1) is 0 Å². The number of piperidine rings is 1. The van der Waals surface area contributed by atoms with E-state index in [1.165, 1.54) is 12.8 Å². The molecule has 1 unspecified atom stereocenters. The topological polar surface area (TPSA) is 55.6 Å². The lowest BCUT2D eigenvalue weighted by molar-refractivity contribution is 0.00350. The van der Waals surface area contributed by atoms with Gasteiger partial charge in [0, 0.05) is 18.1 Å². The molecule has 0 radical (unpaired) electrons. The fourth-order valence-electron chi connectivity index (χ4n) is 3.08. The number of ether oxygens (including phenoxy) is 1. The van der Waals surface area contributed by atoms with E-state index in [2.05, 4.69) is 0 Å². The zero-order valence-electron chi connectivity index (χ0n) is 12.6. The highest BCUT2D eigenvalue weighted by Gasteiger charge is 2.39. The zero-order chi connectivity index (χ0) is 14.1. The molecular weight excluding hydrogens is 240 g/mol. The van der Waals surface area contributed by atoms with Gasteiger partial charge in [-0.1, -0.05) is 0 Å². The summed E-state index contributed by atoms with van der Waals surface area (Å²) >= 11 is 0. The van der Waals surface area contributed by atoms with Crippen LogP contribution in [0.1, 0.15) is 65.7 Å². The second kappa shape index (κ2) is 5.31. The molecule has 19 heavy (non-hydrogen) atoms. The van der Waals surface area contributed by atoms with Gasteiger partial charge in [-0.25, -0.2) is 4.79 Å². The molecule has 0 spiro atoms. The molecule has 2 N–H and O–H groups in total. The zero-order valence-corrected chi connectivity index (χ0v) is 12.6. The predicted octanol–water partition coefficient (Wildman–Crippen LogP) is 3.05. The number of nitrogens with two attached hydrogens (primary N) is 1. The molecule has 110 valence electrons. The third-order valence-electron chi connectivity index (χ3n) is 4.25. The van der Waals surface area contributed by atoms with E-state index in [1.54, 1.807) is 0 Å². The van der Waals surface area contributed by atoms with Gasteiger partial charge >= 0.3 is 6.09 Å². The van der Waals surface area contributed by atoms with Gasteiger partial charge in [-0.3, -0.25) is 0 Å². The Kier molecular flexibility index (Phi) is 4.09. The number of carbonyl (C=O) groups excluding carboxylic acids is 1. The van der Waals surface area contributed by atoms with Gasteiger partial charge in [0.1, 0.15) is 5.60 Å². The van der Waals surface area contributed by atoms with Crippen LogP contribution in [0.25, 0.3) is 0 Å². The van der Waals surface area contributed by atoms with Crippen molar-refractivity contribution in [3.05, 3.63) is 0 Å². The average Bonchev–Trinajstić information content (AvgIpc) is 2.25. The maximum atomic E-state index is 12.3. The molecule has 0 aromatic rings. The Morgan fingerprint density at radius 3 is 2.53 bits per heavy atom. The Bertz CT molecular complexity index is 332. The lowest BCUT2D eigenvalue weighted by Crippen LogP contribution is -2.54. The van der Waals surface area contributed by atoms with Gasteiger partial charge in [0.05, 0.1) is 0 Å². The van der Waals surface area contributed by atoms with Crippen LogP contribution in [0.15, 0.2) is 0 Å². The summed E-state index contributed by atoms with van der Waals surface area (Å²) in [7, 11) is 0. The van der Waals surface area contributed by atoms with E-state index in [4.69, 9.17) is 10.5 Å². The molecule has 1 heterocycles. The summed E-state index contributed by atoms with van der Waals surface area (Å²) in [4.78, 5) is 14.2. The normalized spacial score (nSPS) is 26.7. The Labute approximate surface area is 116 Å². The summed E-state index contributed by atoms with van der Waals surface area (Å²) in [5.74, 6) is 0. The molecule has 2 fully saturated rings. The molecule has 4 heteroatoms. The fraction of sp³-hybridized carbons (Fsp3) is 0.933. The van der Waals surface area contributed by atoms with Crippen LogP contribution in [0.2, 0.25) is 0 Å². The van der Waals surface area contributed by atoms with Gasteiger partial charge in [0.15, 0.2) is 0 Å². The molecule has 4 nitrogen and oxygen atoms in total. The van der Waals surface area contributed by atoms with Crippen LogP contribution < -0.4 is 5.73 Å². The predicted molar refractivity (Wildman–Crippen MR) is 76.0 cm³/mol. The van der Waals surface area contributed by atoms with Gasteiger partial charge in [0.25, 0.3) is 0 Å².